The van der Waals surface area contributed by atoms with Crippen molar-refractivity contribution in [2.75, 3.05) is 7.11 Å². The molecule has 0 amide bonds. The summed E-state index contributed by atoms with van der Waals surface area (Å²) in [6.07, 6.45) is 1.56. The molecule has 0 radical (unpaired) electrons. The van der Waals surface area contributed by atoms with Crippen LogP contribution in [0.2, 0.25) is 0 Å². The number of benzene rings is 3. The van der Waals surface area contributed by atoms with Gasteiger partial charge in [-0.05, 0) is 55.0 Å². The zero-order valence-electron chi connectivity index (χ0n) is 16.7. The van der Waals surface area contributed by atoms with E-state index in [1.807, 2.05) is 35.8 Å². The molecule has 0 aliphatic carbocycles. The van der Waals surface area contributed by atoms with Crippen LogP contribution in [-0.4, -0.2) is 17.5 Å². The van der Waals surface area contributed by atoms with Crippen molar-refractivity contribution in [3.63, 3.8) is 0 Å². The summed E-state index contributed by atoms with van der Waals surface area (Å²) < 4.78 is 20.9. The highest BCUT2D eigenvalue weighted by Gasteiger charge is 2.18. The van der Waals surface area contributed by atoms with Gasteiger partial charge < -0.3 is 9.30 Å². The average molecular weight is 401 g/mol. The smallest absolute Gasteiger partial charge is 0.200 e. The van der Waals surface area contributed by atoms with Crippen LogP contribution in [0.3, 0.4) is 0 Å². The molecule has 0 bridgehead atoms. The first-order chi connectivity index (χ1) is 14.5. The molecule has 1 heterocycles. The number of halogens is 1. The van der Waals surface area contributed by atoms with Gasteiger partial charge in [0.2, 0.25) is 5.43 Å². The SMILES string of the molecule is COc1ccc(C(=O)c2cn(Cc3ccc(C)cc3)c3ccc(F)cc3c2=O)cc1. The zero-order chi connectivity index (χ0) is 21.3. The molecule has 0 spiro atoms. The van der Waals surface area contributed by atoms with Crippen molar-refractivity contribution < 1.29 is 13.9 Å². The van der Waals surface area contributed by atoms with Crippen LogP contribution < -0.4 is 10.2 Å². The van der Waals surface area contributed by atoms with Crippen molar-refractivity contribution in [1.29, 1.82) is 0 Å². The molecule has 150 valence electrons. The molecular formula is C25H20FNO3. The molecule has 3 aromatic carbocycles. The Bertz CT molecular complexity index is 1290. The van der Waals surface area contributed by atoms with Gasteiger partial charge in [-0.2, -0.15) is 0 Å². The first-order valence-electron chi connectivity index (χ1n) is 9.53. The van der Waals surface area contributed by atoms with Crippen LogP contribution in [0.25, 0.3) is 10.9 Å². The molecule has 4 rings (SSSR count). The summed E-state index contributed by atoms with van der Waals surface area (Å²) in [4.78, 5) is 26.1. The van der Waals surface area contributed by atoms with Gasteiger partial charge in [-0.15, -0.1) is 0 Å². The van der Waals surface area contributed by atoms with Gasteiger partial charge in [0.05, 0.1) is 18.2 Å². The highest BCUT2D eigenvalue weighted by Crippen LogP contribution is 2.19. The molecule has 0 aliphatic rings. The predicted octanol–water partition coefficient (Wildman–Crippen LogP) is 4.74. The van der Waals surface area contributed by atoms with Crippen molar-refractivity contribution in [2.45, 2.75) is 13.5 Å². The number of ketones is 1. The van der Waals surface area contributed by atoms with Crippen LogP contribution in [0.5, 0.6) is 5.75 Å². The van der Waals surface area contributed by atoms with Gasteiger partial charge in [0.15, 0.2) is 5.78 Å². The number of hydrogen-bond acceptors (Lipinski definition) is 3. The normalized spacial score (nSPS) is 10.9. The van der Waals surface area contributed by atoms with E-state index < -0.39 is 17.0 Å². The topological polar surface area (TPSA) is 48.3 Å². The highest BCUT2D eigenvalue weighted by atomic mass is 19.1. The van der Waals surface area contributed by atoms with Crippen LogP contribution in [0.4, 0.5) is 4.39 Å². The summed E-state index contributed by atoms with van der Waals surface area (Å²) >= 11 is 0. The maximum atomic E-state index is 13.9. The fraction of sp³-hybridized carbons (Fsp3) is 0.120. The Morgan fingerprint density at radius 3 is 2.37 bits per heavy atom. The Morgan fingerprint density at radius 1 is 1.00 bits per heavy atom. The molecule has 0 unspecified atom stereocenters. The van der Waals surface area contributed by atoms with Crippen LogP contribution in [0.1, 0.15) is 27.0 Å². The number of rotatable bonds is 5. The van der Waals surface area contributed by atoms with Crippen LogP contribution in [0.15, 0.2) is 77.7 Å². The number of nitrogens with zero attached hydrogens (tertiary/aromatic N) is 1. The second-order valence-electron chi connectivity index (χ2n) is 7.20. The van der Waals surface area contributed by atoms with Gasteiger partial charge in [-0.3, -0.25) is 9.59 Å². The fourth-order valence-electron chi connectivity index (χ4n) is 3.45. The Hall–Kier alpha value is -3.73. The fourth-order valence-corrected chi connectivity index (χ4v) is 3.45. The Balaban J connectivity index is 1.86. The van der Waals surface area contributed by atoms with E-state index >= 15 is 0 Å². The lowest BCUT2D eigenvalue weighted by Crippen LogP contribution is -2.20. The van der Waals surface area contributed by atoms with Crippen LogP contribution in [0, 0.1) is 12.7 Å². The molecule has 0 saturated carbocycles. The number of aryl methyl sites for hydroxylation is 1. The van der Waals surface area contributed by atoms with E-state index in [1.54, 1.807) is 43.6 Å². The highest BCUT2D eigenvalue weighted by molar-refractivity contribution is 6.10. The van der Waals surface area contributed by atoms with Crippen molar-refractivity contribution in [1.82, 2.24) is 4.57 Å². The monoisotopic (exact) mass is 401 g/mol. The van der Waals surface area contributed by atoms with Gasteiger partial charge in [-0.1, -0.05) is 29.8 Å². The molecular weight excluding hydrogens is 381 g/mol. The molecule has 0 saturated heterocycles. The maximum absolute atomic E-state index is 13.9. The summed E-state index contributed by atoms with van der Waals surface area (Å²) in [5.74, 6) is -0.314. The molecule has 0 aliphatic heterocycles. The van der Waals surface area contributed by atoms with E-state index in [0.717, 1.165) is 11.1 Å². The Kier molecular flexibility index (Phi) is 5.19. The number of aromatic nitrogens is 1. The Morgan fingerprint density at radius 2 is 1.70 bits per heavy atom. The molecule has 4 aromatic rings. The van der Waals surface area contributed by atoms with Gasteiger partial charge in [0.25, 0.3) is 0 Å². The maximum Gasteiger partial charge on any atom is 0.200 e. The second kappa shape index (κ2) is 7.95. The zero-order valence-corrected chi connectivity index (χ0v) is 16.7. The number of carbonyl (C=O) groups excluding carboxylic acids is 1. The second-order valence-corrected chi connectivity index (χ2v) is 7.20. The van der Waals surface area contributed by atoms with E-state index in [-0.39, 0.29) is 10.9 Å². The molecule has 30 heavy (non-hydrogen) atoms. The molecule has 4 nitrogen and oxygen atoms in total. The number of methoxy groups -OCH3 is 1. The third-order valence-corrected chi connectivity index (χ3v) is 5.11. The lowest BCUT2D eigenvalue weighted by atomic mass is 10.0. The molecule has 0 atom stereocenters. The van der Waals surface area contributed by atoms with Crippen molar-refractivity contribution in [3.05, 3.63) is 111 Å². The van der Waals surface area contributed by atoms with Crippen molar-refractivity contribution in [3.8, 4) is 5.75 Å². The molecule has 1 aromatic heterocycles. The number of carbonyl (C=O) groups is 1. The van der Waals surface area contributed by atoms with Gasteiger partial charge in [0.1, 0.15) is 11.6 Å². The molecule has 5 heteroatoms. The van der Waals surface area contributed by atoms with Crippen molar-refractivity contribution in [2.24, 2.45) is 0 Å². The van der Waals surface area contributed by atoms with E-state index in [9.17, 15) is 14.0 Å². The first-order valence-corrected chi connectivity index (χ1v) is 9.53. The van der Waals surface area contributed by atoms with E-state index in [0.29, 0.717) is 23.4 Å². The van der Waals surface area contributed by atoms with E-state index in [1.165, 1.54) is 12.1 Å². The number of hydrogen-bond donors (Lipinski definition) is 0. The van der Waals surface area contributed by atoms with Gasteiger partial charge in [-0.25, -0.2) is 4.39 Å². The van der Waals surface area contributed by atoms with E-state index in [4.69, 9.17) is 4.74 Å². The minimum atomic E-state index is -0.518. The summed E-state index contributed by atoms with van der Waals surface area (Å²) in [5, 5.41) is 0.182. The summed E-state index contributed by atoms with van der Waals surface area (Å²) in [7, 11) is 1.54. The number of ether oxygens (including phenoxy) is 1. The summed E-state index contributed by atoms with van der Waals surface area (Å²) in [6.45, 7) is 2.46. The van der Waals surface area contributed by atoms with Crippen LogP contribution >= 0.6 is 0 Å². The van der Waals surface area contributed by atoms with E-state index in [2.05, 4.69) is 0 Å². The minimum Gasteiger partial charge on any atom is -0.497 e. The minimum absolute atomic E-state index is 0.00498. The lowest BCUT2D eigenvalue weighted by molar-refractivity contribution is 0.103. The third-order valence-electron chi connectivity index (χ3n) is 5.11. The largest absolute Gasteiger partial charge is 0.497 e. The lowest BCUT2D eigenvalue weighted by Gasteiger charge is -2.14. The standard InChI is InChI=1S/C25H20FNO3/c1-16-3-5-17(6-4-16)14-27-15-22(24(28)18-7-10-20(30-2)11-8-18)25(29)21-13-19(26)9-12-23(21)27/h3-13,15H,14H2,1-2H3. The Labute approximate surface area is 173 Å². The average Bonchev–Trinajstić information content (AvgIpc) is 2.77. The molecule has 0 N–H and O–H groups in total. The summed E-state index contributed by atoms with van der Waals surface area (Å²) in [5.41, 5.74) is 2.62. The van der Waals surface area contributed by atoms with Crippen LogP contribution in [-0.2, 0) is 6.54 Å². The van der Waals surface area contributed by atoms with Crippen molar-refractivity contribution >= 4 is 16.7 Å². The number of pyridine rings is 1. The van der Waals surface area contributed by atoms with Gasteiger partial charge in [0, 0.05) is 23.7 Å². The first kappa shape index (κ1) is 19.6. The molecule has 0 fully saturated rings. The predicted molar refractivity (Wildman–Crippen MR) is 115 cm³/mol. The number of fused-ring (bicyclic) bond motifs is 1. The third kappa shape index (κ3) is 3.74. The quantitative estimate of drug-likeness (QED) is 0.454. The van der Waals surface area contributed by atoms with Gasteiger partial charge >= 0.3 is 0 Å². The summed E-state index contributed by atoms with van der Waals surface area (Å²) in [6, 6.07) is 18.6.